The number of carbonyl (C=O) groups is 1. The zero-order valence-electron chi connectivity index (χ0n) is 9.03. The lowest BCUT2D eigenvalue weighted by molar-refractivity contribution is 0.111. The molecule has 0 bridgehead atoms. The molecule has 3 nitrogen and oxygen atoms in total. The molecule has 0 radical (unpaired) electrons. The van der Waals surface area contributed by atoms with Crippen molar-refractivity contribution in [2.75, 3.05) is 0 Å². The minimum Gasteiger partial charge on any atom is -0.297 e. The lowest BCUT2D eigenvalue weighted by Crippen LogP contribution is -1.94. The normalized spacial score (nSPS) is 10.8. The quantitative estimate of drug-likeness (QED) is 0.716. The maximum absolute atomic E-state index is 11.0. The van der Waals surface area contributed by atoms with E-state index in [-0.39, 0.29) is 0 Å². The lowest BCUT2D eigenvalue weighted by Gasteiger charge is -1.96. The summed E-state index contributed by atoms with van der Waals surface area (Å²) in [7, 11) is 0. The van der Waals surface area contributed by atoms with Crippen LogP contribution in [0, 0.1) is 6.92 Å². The van der Waals surface area contributed by atoms with Gasteiger partial charge in [-0.3, -0.25) is 9.20 Å². The molecule has 0 saturated heterocycles. The molecule has 0 saturated carbocycles. The molecule has 0 aliphatic rings. The molecule has 15 heavy (non-hydrogen) atoms. The molecule has 0 amide bonds. The molecule has 3 heteroatoms. The summed E-state index contributed by atoms with van der Waals surface area (Å²) in [5, 5.41) is 0. The Hall–Kier alpha value is -1.64. The van der Waals surface area contributed by atoms with E-state index in [1.807, 2.05) is 29.7 Å². The van der Waals surface area contributed by atoms with Gasteiger partial charge >= 0.3 is 0 Å². The van der Waals surface area contributed by atoms with E-state index in [0.29, 0.717) is 5.69 Å². The molecule has 2 aromatic heterocycles. The van der Waals surface area contributed by atoms with Crippen molar-refractivity contribution in [2.45, 2.75) is 26.7 Å². The van der Waals surface area contributed by atoms with E-state index in [4.69, 9.17) is 0 Å². The Bertz CT molecular complexity index is 500. The van der Waals surface area contributed by atoms with Crippen molar-refractivity contribution in [3.8, 4) is 0 Å². The van der Waals surface area contributed by atoms with E-state index in [0.717, 1.165) is 36.0 Å². The van der Waals surface area contributed by atoms with E-state index >= 15 is 0 Å². The fraction of sp³-hybridized carbons (Fsp3) is 0.333. The van der Waals surface area contributed by atoms with Crippen LogP contribution >= 0.6 is 0 Å². The maximum Gasteiger partial charge on any atom is 0.168 e. The molecule has 0 atom stereocenters. The Morgan fingerprint density at radius 3 is 3.00 bits per heavy atom. The number of hydrogen-bond donors (Lipinski definition) is 0. The number of hydrogen-bond acceptors (Lipinski definition) is 2. The number of aryl methyl sites for hydroxylation is 2. The number of fused-ring (bicyclic) bond motifs is 1. The first-order chi connectivity index (χ1) is 7.26. The molecular weight excluding hydrogens is 188 g/mol. The highest BCUT2D eigenvalue weighted by Gasteiger charge is 2.09. The Kier molecular flexibility index (Phi) is 2.54. The molecule has 0 aromatic carbocycles. The standard InChI is InChI=1S/C12H14N2O/c1-3-4-10-11(8-15)14-6-5-9(2)7-12(14)13-10/h5-8H,3-4H2,1-2H3. The number of imidazole rings is 1. The van der Waals surface area contributed by atoms with Crippen LogP contribution in [-0.2, 0) is 6.42 Å². The van der Waals surface area contributed by atoms with Crippen molar-refractivity contribution < 1.29 is 4.79 Å². The number of carbonyl (C=O) groups excluding carboxylic acids is 1. The summed E-state index contributed by atoms with van der Waals surface area (Å²) in [5.41, 5.74) is 3.61. The van der Waals surface area contributed by atoms with Crippen LogP contribution in [0.2, 0.25) is 0 Å². The maximum atomic E-state index is 11.0. The summed E-state index contributed by atoms with van der Waals surface area (Å²) in [6, 6.07) is 3.98. The summed E-state index contributed by atoms with van der Waals surface area (Å²) < 4.78 is 1.85. The van der Waals surface area contributed by atoms with Gasteiger partial charge in [0.05, 0.1) is 5.69 Å². The van der Waals surface area contributed by atoms with E-state index in [1.54, 1.807) is 0 Å². The van der Waals surface area contributed by atoms with E-state index < -0.39 is 0 Å². The van der Waals surface area contributed by atoms with Crippen molar-refractivity contribution >= 4 is 11.9 Å². The molecule has 0 aliphatic heterocycles. The minimum absolute atomic E-state index is 0.687. The largest absolute Gasteiger partial charge is 0.297 e. The SMILES string of the molecule is CCCc1nc2cc(C)ccn2c1C=O. The fourth-order valence-electron chi connectivity index (χ4n) is 1.76. The van der Waals surface area contributed by atoms with Gasteiger partial charge in [0, 0.05) is 6.20 Å². The average molecular weight is 202 g/mol. The molecule has 0 spiro atoms. The van der Waals surface area contributed by atoms with Crippen LogP contribution in [0.1, 0.15) is 35.1 Å². The number of nitrogens with zero attached hydrogens (tertiary/aromatic N) is 2. The smallest absolute Gasteiger partial charge is 0.168 e. The van der Waals surface area contributed by atoms with Crippen molar-refractivity contribution in [1.82, 2.24) is 9.38 Å². The van der Waals surface area contributed by atoms with Crippen LogP contribution in [0.4, 0.5) is 0 Å². The minimum atomic E-state index is 0.687. The second-order valence-electron chi connectivity index (χ2n) is 3.74. The van der Waals surface area contributed by atoms with E-state index in [9.17, 15) is 4.79 Å². The van der Waals surface area contributed by atoms with Gasteiger partial charge in [0.2, 0.25) is 0 Å². The monoisotopic (exact) mass is 202 g/mol. The highest BCUT2D eigenvalue weighted by atomic mass is 16.1. The summed E-state index contributed by atoms with van der Waals surface area (Å²) in [5.74, 6) is 0. The highest BCUT2D eigenvalue weighted by Crippen LogP contribution is 2.13. The Morgan fingerprint density at radius 1 is 1.53 bits per heavy atom. The summed E-state index contributed by atoms with van der Waals surface area (Å²) >= 11 is 0. The third-order valence-corrected chi connectivity index (χ3v) is 2.49. The van der Waals surface area contributed by atoms with Gasteiger partial charge in [-0.1, -0.05) is 13.3 Å². The Labute approximate surface area is 88.8 Å². The lowest BCUT2D eigenvalue weighted by atomic mass is 10.2. The Balaban J connectivity index is 2.67. The van der Waals surface area contributed by atoms with Gasteiger partial charge in [-0.2, -0.15) is 0 Å². The Morgan fingerprint density at radius 2 is 2.33 bits per heavy atom. The summed E-state index contributed by atoms with van der Waals surface area (Å²) in [6.45, 7) is 4.11. The molecule has 2 heterocycles. The predicted octanol–water partition coefficient (Wildman–Crippen LogP) is 2.41. The molecule has 2 aromatic rings. The first-order valence-corrected chi connectivity index (χ1v) is 5.19. The van der Waals surface area contributed by atoms with Crippen molar-refractivity contribution in [1.29, 1.82) is 0 Å². The zero-order chi connectivity index (χ0) is 10.8. The van der Waals surface area contributed by atoms with Gasteiger partial charge in [0.15, 0.2) is 6.29 Å². The average Bonchev–Trinajstić information content (AvgIpc) is 2.54. The first-order valence-electron chi connectivity index (χ1n) is 5.19. The van der Waals surface area contributed by atoms with Gasteiger partial charge < -0.3 is 0 Å². The van der Waals surface area contributed by atoms with Crippen LogP contribution in [0.3, 0.4) is 0 Å². The second kappa shape index (κ2) is 3.85. The van der Waals surface area contributed by atoms with Crippen LogP contribution in [0.25, 0.3) is 5.65 Å². The molecule has 2 rings (SSSR count). The third-order valence-electron chi connectivity index (χ3n) is 2.49. The van der Waals surface area contributed by atoms with Crippen LogP contribution in [-0.4, -0.2) is 15.7 Å². The van der Waals surface area contributed by atoms with Gasteiger partial charge in [0.1, 0.15) is 11.3 Å². The zero-order valence-corrected chi connectivity index (χ0v) is 9.03. The molecule has 0 aliphatic carbocycles. The second-order valence-corrected chi connectivity index (χ2v) is 3.74. The highest BCUT2D eigenvalue weighted by molar-refractivity contribution is 5.76. The van der Waals surface area contributed by atoms with Gasteiger partial charge in [-0.05, 0) is 31.0 Å². The molecule has 0 fully saturated rings. The van der Waals surface area contributed by atoms with Crippen molar-refractivity contribution in [3.05, 3.63) is 35.3 Å². The summed E-state index contributed by atoms with van der Waals surface area (Å²) in [6.07, 6.45) is 4.65. The summed E-state index contributed by atoms with van der Waals surface area (Å²) in [4.78, 5) is 15.5. The fourth-order valence-corrected chi connectivity index (χ4v) is 1.76. The molecule has 0 N–H and O–H groups in total. The van der Waals surface area contributed by atoms with Gasteiger partial charge in [-0.25, -0.2) is 4.98 Å². The van der Waals surface area contributed by atoms with Crippen LogP contribution in [0.15, 0.2) is 18.3 Å². The van der Waals surface area contributed by atoms with Crippen LogP contribution < -0.4 is 0 Å². The number of pyridine rings is 1. The number of aldehydes is 1. The van der Waals surface area contributed by atoms with Gasteiger partial charge in [0.25, 0.3) is 0 Å². The molecule has 78 valence electrons. The molecule has 0 unspecified atom stereocenters. The van der Waals surface area contributed by atoms with Crippen molar-refractivity contribution in [2.24, 2.45) is 0 Å². The molecular formula is C12H14N2O. The topological polar surface area (TPSA) is 34.4 Å². The van der Waals surface area contributed by atoms with Gasteiger partial charge in [-0.15, -0.1) is 0 Å². The predicted molar refractivity (Wildman–Crippen MR) is 59.3 cm³/mol. The van der Waals surface area contributed by atoms with Crippen LogP contribution in [0.5, 0.6) is 0 Å². The first kappa shape index (κ1) is 9.90. The third kappa shape index (κ3) is 1.65. The van der Waals surface area contributed by atoms with Crippen molar-refractivity contribution in [3.63, 3.8) is 0 Å². The number of aromatic nitrogens is 2. The van der Waals surface area contributed by atoms with E-state index in [2.05, 4.69) is 11.9 Å². The number of rotatable bonds is 3. The van der Waals surface area contributed by atoms with E-state index in [1.165, 1.54) is 0 Å².